The molecule has 0 unspecified atom stereocenters. The molecule has 0 bridgehead atoms. The molecule has 0 radical (unpaired) electrons. The molecule has 0 aliphatic rings. The van der Waals surface area contributed by atoms with Crippen molar-refractivity contribution in [3.05, 3.63) is 46.3 Å². The highest BCUT2D eigenvalue weighted by Gasteiger charge is 2.07. The summed E-state index contributed by atoms with van der Waals surface area (Å²) in [5.41, 5.74) is 0.712. The molecule has 1 aromatic heterocycles. The number of hydrogen-bond acceptors (Lipinski definition) is 3. The minimum atomic E-state index is -0.0239. The first-order chi connectivity index (χ1) is 9.56. The summed E-state index contributed by atoms with van der Waals surface area (Å²) in [5, 5.41) is 6.09. The lowest BCUT2D eigenvalue weighted by Crippen LogP contribution is -2.33. The number of carbonyl (C=O) groups excluding carboxylic acids is 1. The zero-order valence-electron chi connectivity index (χ0n) is 11.4. The molecule has 0 atom stereocenters. The van der Waals surface area contributed by atoms with Crippen molar-refractivity contribution < 1.29 is 4.79 Å². The summed E-state index contributed by atoms with van der Waals surface area (Å²) < 4.78 is 2.14. The molecule has 0 saturated heterocycles. The standard InChI is InChI=1S/C15H17BrN2OS/c1-11(16)10-18(2)7-6-17-15(19)13-3-4-14-12(9-13)5-8-20-14/h3-5,8-9H,1,6-7,10H2,2H3,(H,17,19). The number of halogens is 1. The Balaban J connectivity index is 1.86. The van der Waals surface area contributed by atoms with Crippen molar-refractivity contribution in [3.63, 3.8) is 0 Å². The van der Waals surface area contributed by atoms with Crippen molar-refractivity contribution in [2.75, 3.05) is 26.7 Å². The van der Waals surface area contributed by atoms with Crippen molar-refractivity contribution in [2.45, 2.75) is 0 Å². The van der Waals surface area contributed by atoms with Gasteiger partial charge in [0.15, 0.2) is 0 Å². The predicted octanol–water partition coefficient (Wildman–Crippen LogP) is 3.47. The molecular weight excluding hydrogens is 336 g/mol. The van der Waals surface area contributed by atoms with Gasteiger partial charge in [0.2, 0.25) is 0 Å². The average Bonchev–Trinajstić information content (AvgIpc) is 2.84. The molecule has 2 aromatic rings. The molecule has 0 fully saturated rings. The summed E-state index contributed by atoms with van der Waals surface area (Å²) >= 11 is 5.01. The van der Waals surface area contributed by atoms with E-state index in [0.717, 1.165) is 23.0 Å². The second-order valence-electron chi connectivity index (χ2n) is 4.68. The van der Waals surface area contributed by atoms with Crippen LogP contribution in [0.15, 0.2) is 40.7 Å². The maximum atomic E-state index is 12.1. The van der Waals surface area contributed by atoms with Gasteiger partial charge in [-0.3, -0.25) is 9.69 Å². The largest absolute Gasteiger partial charge is 0.351 e. The summed E-state index contributed by atoms with van der Waals surface area (Å²) in [6.07, 6.45) is 0. The highest BCUT2D eigenvalue weighted by molar-refractivity contribution is 9.11. The molecule has 0 aliphatic carbocycles. The molecule has 3 nitrogen and oxygen atoms in total. The van der Waals surface area contributed by atoms with Gasteiger partial charge in [0.05, 0.1) is 0 Å². The third kappa shape index (κ3) is 4.16. The Morgan fingerprint density at radius 3 is 3.00 bits per heavy atom. The van der Waals surface area contributed by atoms with E-state index in [1.807, 2.05) is 36.7 Å². The third-order valence-corrected chi connectivity index (χ3v) is 4.08. The van der Waals surface area contributed by atoms with Crippen molar-refractivity contribution in [3.8, 4) is 0 Å². The van der Waals surface area contributed by atoms with Crippen LogP contribution in [0, 0.1) is 0 Å². The number of benzene rings is 1. The number of carbonyl (C=O) groups is 1. The fourth-order valence-electron chi connectivity index (χ4n) is 1.94. The molecule has 0 spiro atoms. The quantitative estimate of drug-likeness (QED) is 0.863. The molecule has 5 heteroatoms. The van der Waals surface area contributed by atoms with Gasteiger partial charge in [-0.1, -0.05) is 22.5 Å². The third-order valence-electron chi connectivity index (χ3n) is 2.94. The van der Waals surface area contributed by atoms with E-state index in [1.165, 1.54) is 4.70 Å². The molecule has 1 heterocycles. The van der Waals surface area contributed by atoms with Crippen LogP contribution >= 0.6 is 27.3 Å². The van der Waals surface area contributed by atoms with Crippen LogP contribution in [-0.4, -0.2) is 37.5 Å². The second-order valence-corrected chi connectivity index (χ2v) is 6.75. The zero-order chi connectivity index (χ0) is 14.5. The molecule has 0 saturated carbocycles. The Bertz CT molecular complexity index is 623. The zero-order valence-corrected chi connectivity index (χ0v) is 13.8. The predicted molar refractivity (Wildman–Crippen MR) is 89.7 cm³/mol. The molecule has 1 aromatic carbocycles. The monoisotopic (exact) mass is 352 g/mol. The van der Waals surface area contributed by atoms with Gasteiger partial charge in [-0.05, 0) is 42.1 Å². The lowest BCUT2D eigenvalue weighted by Gasteiger charge is -2.16. The molecular formula is C15H17BrN2OS. The van der Waals surface area contributed by atoms with E-state index in [9.17, 15) is 4.79 Å². The van der Waals surface area contributed by atoms with E-state index in [4.69, 9.17) is 0 Å². The molecule has 106 valence electrons. The highest BCUT2D eigenvalue weighted by Crippen LogP contribution is 2.21. The minimum absolute atomic E-state index is 0.0239. The fourth-order valence-corrected chi connectivity index (χ4v) is 3.14. The van der Waals surface area contributed by atoms with Gasteiger partial charge in [-0.25, -0.2) is 0 Å². The van der Waals surface area contributed by atoms with Gasteiger partial charge in [-0.15, -0.1) is 11.3 Å². The van der Waals surface area contributed by atoms with Crippen LogP contribution in [0.4, 0.5) is 0 Å². The van der Waals surface area contributed by atoms with Gasteiger partial charge in [-0.2, -0.15) is 0 Å². The summed E-state index contributed by atoms with van der Waals surface area (Å²) in [6, 6.07) is 7.84. The summed E-state index contributed by atoms with van der Waals surface area (Å²) in [4.78, 5) is 14.2. The number of amides is 1. The molecule has 2 rings (SSSR count). The van der Waals surface area contributed by atoms with Gasteiger partial charge in [0.1, 0.15) is 0 Å². The Hall–Kier alpha value is -1.17. The molecule has 20 heavy (non-hydrogen) atoms. The van der Waals surface area contributed by atoms with Gasteiger partial charge in [0.25, 0.3) is 5.91 Å². The van der Waals surface area contributed by atoms with Crippen molar-refractivity contribution in [1.82, 2.24) is 10.2 Å². The topological polar surface area (TPSA) is 32.3 Å². The number of hydrogen-bond donors (Lipinski definition) is 1. The van der Waals surface area contributed by atoms with Gasteiger partial charge >= 0.3 is 0 Å². The van der Waals surface area contributed by atoms with Crippen LogP contribution < -0.4 is 5.32 Å². The van der Waals surface area contributed by atoms with Crippen molar-refractivity contribution in [1.29, 1.82) is 0 Å². The summed E-state index contributed by atoms with van der Waals surface area (Å²) in [7, 11) is 2.00. The number of nitrogens with one attached hydrogen (secondary N) is 1. The Morgan fingerprint density at radius 1 is 1.45 bits per heavy atom. The highest BCUT2D eigenvalue weighted by atomic mass is 79.9. The average molecular weight is 353 g/mol. The number of rotatable bonds is 6. The van der Waals surface area contributed by atoms with Crippen molar-refractivity contribution in [2.24, 2.45) is 0 Å². The van der Waals surface area contributed by atoms with Crippen LogP contribution in [0.1, 0.15) is 10.4 Å². The minimum Gasteiger partial charge on any atom is -0.351 e. The Morgan fingerprint density at radius 2 is 2.25 bits per heavy atom. The van der Waals surface area contributed by atoms with E-state index >= 15 is 0 Å². The summed E-state index contributed by atoms with van der Waals surface area (Å²) in [6.45, 7) is 5.98. The van der Waals surface area contributed by atoms with Gasteiger partial charge < -0.3 is 5.32 Å². The molecule has 1 N–H and O–H groups in total. The van der Waals surface area contributed by atoms with Crippen LogP contribution in [0.5, 0.6) is 0 Å². The first-order valence-electron chi connectivity index (χ1n) is 6.33. The number of likely N-dealkylation sites (N-methyl/N-ethyl adjacent to an activating group) is 1. The Kier molecular flexibility index (Phi) is 5.34. The molecule has 0 aliphatic heterocycles. The molecule has 1 amide bonds. The van der Waals surface area contributed by atoms with Crippen molar-refractivity contribution >= 4 is 43.3 Å². The smallest absolute Gasteiger partial charge is 0.251 e. The maximum absolute atomic E-state index is 12.1. The number of fused-ring (bicyclic) bond motifs is 1. The normalized spacial score (nSPS) is 10.9. The van der Waals surface area contributed by atoms with E-state index in [2.05, 4.69) is 32.7 Å². The first kappa shape index (κ1) is 15.2. The van der Waals surface area contributed by atoms with Gasteiger partial charge in [0, 0.05) is 34.4 Å². The lowest BCUT2D eigenvalue weighted by molar-refractivity contribution is 0.0950. The SMILES string of the molecule is C=C(Br)CN(C)CCNC(=O)c1ccc2sccc2c1. The number of thiophene rings is 1. The summed E-state index contributed by atoms with van der Waals surface area (Å²) in [5.74, 6) is -0.0239. The Labute approximate surface area is 131 Å². The van der Waals surface area contributed by atoms with E-state index in [0.29, 0.717) is 12.1 Å². The van der Waals surface area contributed by atoms with E-state index in [1.54, 1.807) is 11.3 Å². The second kappa shape index (κ2) is 7.02. The first-order valence-corrected chi connectivity index (χ1v) is 8.01. The number of nitrogens with zero attached hydrogens (tertiary/aromatic N) is 1. The van der Waals surface area contributed by atoms with Crippen LogP contribution in [-0.2, 0) is 0 Å². The van der Waals surface area contributed by atoms with Crippen LogP contribution in [0.3, 0.4) is 0 Å². The maximum Gasteiger partial charge on any atom is 0.251 e. The van der Waals surface area contributed by atoms with Crippen LogP contribution in [0.25, 0.3) is 10.1 Å². The van der Waals surface area contributed by atoms with E-state index in [-0.39, 0.29) is 5.91 Å². The van der Waals surface area contributed by atoms with E-state index < -0.39 is 0 Å². The lowest BCUT2D eigenvalue weighted by atomic mass is 10.1. The fraction of sp³-hybridized carbons (Fsp3) is 0.267. The van der Waals surface area contributed by atoms with Crippen LogP contribution in [0.2, 0.25) is 0 Å².